The molecule has 0 radical (unpaired) electrons. The minimum atomic E-state index is 0.646. The molecule has 0 aliphatic rings. The van der Waals surface area contributed by atoms with Gasteiger partial charge in [-0.15, -0.1) is 0 Å². The Kier molecular flexibility index (Phi) is 11.3. The van der Waals surface area contributed by atoms with Crippen LogP contribution in [0.3, 0.4) is 0 Å². The summed E-state index contributed by atoms with van der Waals surface area (Å²) >= 11 is 0. The quantitative estimate of drug-likeness (QED) is 0.131. The van der Waals surface area contributed by atoms with Crippen LogP contribution in [0, 0.1) is 0 Å². The first-order valence-electron chi connectivity index (χ1n) is 15.3. The predicted octanol–water partition coefficient (Wildman–Crippen LogP) is 10.2. The number of hydrogen-bond donors (Lipinski definition) is 0. The van der Waals surface area contributed by atoms with Crippen molar-refractivity contribution < 1.29 is 23.7 Å². The number of carbonyl (C=O) groups is 1. The summed E-state index contributed by atoms with van der Waals surface area (Å²) in [5.41, 5.74) is 6.83. The third kappa shape index (κ3) is 8.13. The van der Waals surface area contributed by atoms with Crippen molar-refractivity contribution in [1.82, 2.24) is 0 Å². The smallest absolute Gasteiger partial charge is 0.150 e. The second kappa shape index (κ2) is 16.4. The molecular formula is C41H38N2O5. The number of aldehydes is 1. The highest BCUT2D eigenvalue weighted by Gasteiger charge is 2.14. The Morgan fingerprint density at radius 2 is 0.604 bits per heavy atom. The molecule has 0 aliphatic heterocycles. The minimum Gasteiger partial charge on any atom is -0.497 e. The molecule has 0 aliphatic carbocycles. The number of nitrogens with zero attached hydrogens (tertiary/aromatic N) is 2. The maximum Gasteiger partial charge on any atom is 0.150 e. The van der Waals surface area contributed by atoms with Gasteiger partial charge in [0.2, 0.25) is 0 Å². The molecule has 6 aromatic carbocycles. The van der Waals surface area contributed by atoms with E-state index in [4.69, 9.17) is 18.9 Å². The summed E-state index contributed by atoms with van der Waals surface area (Å²) in [5, 5.41) is 0. The van der Waals surface area contributed by atoms with Crippen molar-refractivity contribution in [2.75, 3.05) is 38.2 Å². The zero-order valence-corrected chi connectivity index (χ0v) is 27.4. The van der Waals surface area contributed by atoms with Crippen molar-refractivity contribution in [1.29, 1.82) is 0 Å². The molecule has 0 saturated carbocycles. The molecule has 0 heterocycles. The highest BCUT2D eigenvalue weighted by molar-refractivity contribution is 5.81. The van der Waals surface area contributed by atoms with Crippen LogP contribution in [0.5, 0.6) is 23.0 Å². The first kappa shape index (κ1) is 33.2. The fourth-order valence-electron chi connectivity index (χ4n) is 5.10. The maximum atomic E-state index is 10.9. The molecule has 0 atom stereocenters. The number of methoxy groups -OCH3 is 4. The van der Waals surface area contributed by atoms with Crippen LogP contribution in [0.2, 0.25) is 0 Å². The number of anilines is 6. The van der Waals surface area contributed by atoms with Gasteiger partial charge in [0.15, 0.2) is 0 Å². The molecule has 48 heavy (non-hydrogen) atoms. The van der Waals surface area contributed by atoms with Crippen molar-refractivity contribution >= 4 is 40.4 Å². The number of para-hydroxylation sites is 1. The topological polar surface area (TPSA) is 60.5 Å². The number of carbonyl (C=O) groups excluding carboxylic acids is 1. The Bertz CT molecular complexity index is 1750. The molecule has 6 rings (SSSR count). The lowest BCUT2D eigenvalue weighted by Crippen LogP contribution is -2.09. The SMILES string of the molecule is COc1ccc(N(c2ccc(C=O)cc2)c2ccc(OC)cc2)cc1.COc1ccc(N(c2ccccc2)c2ccc(OC)cc2)cc1. The van der Waals surface area contributed by atoms with Crippen molar-refractivity contribution in [3.63, 3.8) is 0 Å². The van der Waals surface area contributed by atoms with Crippen LogP contribution in [0.15, 0.2) is 152 Å². The average molecular weight is 639 g/mol. The van der Waals surface area contributed by atoms with Crippen LogP contribution in [-0.4, -0.2) is 34.7 Å². The van der Waals surface area contributed by atoms with Gasteiger partial charge in [-0.2, -0.15) is 0 Å². The van der Waals surface area contributed by atoms with Gasteiger partial charge < -0.3 is 28.7 Å². The van der Waals surface area contributed by atoms with Gasteiger partial charge in [-0.3, -0.25) is 4.79 Å². The first-order valence-corrected chi connectivity index (χ1v) is 15.3. The molecule has 0 fully saturated rings. The van der Waals surface area contributed by atoms with Crippen LogP contribution in [0.1, 0.15) is 10.4 Å². The molecule has 0 bridgehead atoms. The number of ether oxygens (including phenoxy) is 4. The monoisotopic (exact) mass is 638 g/mol. The summed E-state index contributed by atoms with van der Waals surface area (Å²) in [5.74, 6) is 3.29. The fourth-order valence-corrected chi connectivity index (χ4v) is 5.10. The van der Waals surface area contributed by atoms with Crippen molar-refractivity contribution in [2.45, 2.75) is 0 Å². The van der Waals surface area contributed by atoms with Gasteiger partial charge in [0.1, 0.15) is 29.3 Å². The molecule has 7 nitrogen and oxygen atoms in total. The largest absolute Gasteiger partial charge is 0.497 e. The molecule has 0 unspecified atom stereocenters. The van der Waals surface area contributed by atoms with Gasteiger partial charge in [-0.05, 0) is 133 Å². The molecule has 0 amide bonds. The van der Waals surface area contributed by atoms with E-state index in [2.05, 4.69) is 46.2 Å². The van der Waals surface area contributed by atoms with Gasteiger partial charge in [-0.1, -0.05) is 18.2 Å². The van der Waals surface area contributed by atoms with E-state index >= 15 is 0 Å². The summed E-state index contributed by atoms with van der Waals surface area (Å²) in [6, 6.07) is 49.5. The summed E-state index contributed by atoms with van der Waals surface area (Å²) in [4.78, 5) is 15.2. The van der Waals surface area contributed by atoms with E-state index in [1.54, 1.807) is 28.4 Å². The molecule has 242 valence electrons. The number of benzene rings is 6. The maximum absolute atomic E-state index is 10.9. The zero-order valence-electron chi connectivity index (χ0n) is 27.4. The van der Waals surface area contributed by atoms with Crippen molar-refractivity contribution in [3.05, 3.63) is 157 Å². The number of hydrogen-bond acceptors (Lipinski definition) is 7. The van der Waals surface area contributed by atoms with Crippen LogP contribution >= 0.6 is 0 Å². The van der Waals surface area contributed by atoms with E-state index < -0.39 is 0 Å². The summed E-state index contributed by atoms with van der Waals surface area (Å²) in [6.07, 6.45) is 0.842. The lowest BCUT2D eigenvalue weighted by molar-refractivity contribution is 0.112. The molecule has 0 aromatic heterocycles. The highest BCUT2D eigenvalue weighted by Crippen LogP contribution is 2.37. The lowest BCUT2D eigenvalue weighted by atomic mass is 10.1. The second-order valence-electron chi connectivity index (χ2n) is 10.5. The summed E-state index contributed by atoms with van der Waals surface area (Å²) < 4.78 is 21.0. The minimum absolute atomic E-state index is 0.646. The van der Waals surface area contributed by atoms with E-state index in [9.17, 15) is 4.79 Å². The van der Waals surface area contributed by atoms with Gasteiger partial charge >= 0.3 is 0 Å². The Morgan fingerprint density at radius 3 is 0.854 bits per heavy atom. The molecule has 0 N–H and O–H groups in total. The van der Waals surface area contributed by atoms with E-state index in [1.165, 1.54) is 0 Å². The summed E-state index contributed by atoms with van der Waals surface area (Å²) in [6.45, 7) is 0. The Labute approximate surface area is 282 Å². The molecule has 7 heteroatoms. The predicted molar refractivity (Wildman–Crippen MR) is 194 cm³/mol. The van der Waals surface area contributed by atoms with E-state index in [1.807, 2.05) is 115 Å². The Morgan fingerprint density at radius 1 is 0.354 bits per heavy atom. The second-order valence-corrected chi connectivity index (χ2v) is 10.5. The molecule has 0 saturated heterocycles. The van der Waals surface area contributed by atoms with Gasteiger partial charge in [-0.25, -0.2) is 0 Å². The molecule has 0 spiro atoms. The van der Waals surface area contributed by atoms with Crippen molar-refractivity contribution in [2.24, 2.45) is 0 Å². The lowest BCUT2D eigenvalue weighted by Gasteiger charge is -2.25. The van der Waals surface area contributed by atoms with Crippen LogP contribution < -0.4 is 28.7 Å². The Hall–Kier alpha value is -6.21. The zero-order chi connectivity index (χ0) is 33.7. The standard InChI is InChI=1S/C21H19NO3.C20H19NO2/c1-24-20-11-7-18(8-12-20)22(17-5-3-16(15-23)4-6-17)19-9-13-21(25-2)14-10-19;1-22-19-12-8-17(9-13-19)21(16-6-4-3-5-7-16)18-10-14-20(23-2)15-11-18/h3-15H,1-2H3;3-15H,1-2H3. The Balaban J connectivity index is 0.000000188. The normalized spacial score (nSPS) is 10.2. The number of rotatable bonds is 11. The average Bonchev–Trinajstić information content (AvgIpc) is 3.17. The highest BCUT2D eigenvalue weighted by atomic mass is 16.5. The van der Waals surface area contributed by atoms with Crippen LogP contribution in [-0.2, 0) is 0 Å². The van der Waals surface area contributed by atoms with E-state index in [-0.39, 0.29) is 0 Å². The van der Waals surface area contributed by atoms with E-state index in [0.29, 0.717) is 5.56 Å². The fraction of sp³-hybridized carbons (Fsp3) is 0.0976. The summed E-state index contributed by atoms with van der Waals surface area (Å²) in [7, 11) is 6.64. The van der Waals surface area contributed by atoms with Crippen LogP contribution in [0.4, 0.5) is 34.1 Å². The van der Waals surface area contributed by atoms with E-state index in [0.717, 1.165) is 63.4 Å². The van der Waals surface area contributed by atoms with Gasteiger partial charge in [0, 0.05) is 39.7 Å². The van der Waals surface area contributed by atoms with Gasteiger partial charge in [0.05, 0.1) is 28.4 Å². The first-order chi connectivity index (χ1) is 23.6. The molecular weight excluding hydrogens is 600 g/mol. The van der Waals surface area contributed by atoms with Crippen LogP contribution in [0.25, 0.3) is 0 Å². The third-order valence-corrected chi connectivity index (χ3v) is 7.62. The van der Waals surface area contributed by atoms with Gasteiger partial charge in [0.25, 0.3) is 0 Å². The van der Waals surface area contributed by atoms with Crippen molar-refractivity contribution in [3.8, 4) is 23.0 Å². The molecule has 6 aromatic rings. The third-order valence-electron chi connectivity index (χ3n) is 7.62.